The Labute approximate surface area is 156 Å². The average molecular weight is 403 g/mol. The molecule has 148 valence electrons. The van der Waals surface area contributed by atoms with Crippen LogP contribution in [0.3, 0.4) is 0 Å². The van der Waals surface area contributed by atoms with Crippen LogP contribution in [0.15, 0.2) is 30.4 Å². The summed E-state index contributed by atoms with van der Waals surface area (Å²) in [5.74, 6) is -0.777. The van der Waals surface area contributed by atoms with Crippen LogP contribution in [0.2, 0.25) is 0 Å². The molecule has 1 aromatic carbocycles. The van der Waals surface area contributed by atoms with E-state index in [1.54, 1.807) is 0 Å². The van der Waals surface area contributed by atoms with Gasteiger partial charge < -0.3 is 5.32 Å². The number of carbonyl (C=O) groups excluding carboxylic acids is 1. The SMILES string of the molecule is C=C(CCNC(=O)c1ccc(C#N)cc1NS(=O)(=O)C(C)(C)C)C(F)(F)F. The Morgan fingerprint density at radius 1 is 1.26 bits per heavy atom. The molecule has 0 aromatic heterocycles. The largest absolute Gasteiger partial charge is 0.412 e. The monoisotopic (exact) mass is 403 g/mol. The normalized spacial score (nSPS) is 12.2. The first-order valence-electron chi connectivity index (χ1n) is 7.78. The van der Waals surface area contributed by atoms with Crippen molar-refractivity contribution in [1.82, 2.24) is 5.32 Å². The number of nitriles is 1. The van der Waals surface area contributed by atoms with Gasteiger partial charge in [0.15, 0.2) is 0 Å². The van der Waals surface area contributed by atoms with Gasteiger partial charge in [-0.3, -0.25) is 9.52 Å². The minimum atomic E-state index is -4.55. The molecule has 0 fully saturated rings. The molecule has 0 aliphatic rings. The predicted molar refractivity (Wildman–Crippen MR) is 95.6 cm³/mol. The van der Waals surface area contributed by atoms with Crippen LogP contribution in [-0.4, -0.2) is 31.8 Å². The lowest BCUT2D eigenvalue weighted by Gasteiger charge is -2.22. The van der Waals surface area contributed by atoms with E-state index >= 15 is 0 Å². The minimum Gasteiger partial charge on any atom is -0.352 e. The number of benzene rings is 1. The van der Waals surface area contributed by atoms with Gasteiger partial charge in [-0.2, -0.15) is 18.4 Å². The summed E-state index contributed by atoms with van der Waals surface area (Å²) < 4.78 is 63.0. The molecule has 27 heavy (non-hydrogen) atoms. The Hall–Kier alpha value is -2.54. The fourth-order valence-electron chi connectivity index (χ4n) is 1.76. The van der Waals surface area contributed by atoms with E-state index in [4.69, 9.17) is 5.26 Å². The molecule has 0 aliphatic carbocycles. The number of rotatable bonds is 6. The van der Waals surface area contributed by atoms with Crippen molar-refractivity contribution in [3.05, 3.63) is 41.5 Å². The number of hydrogen-bond donors (Lipinski definition) is 2. The van der Waals surface area contributed by atoms with Gasteiger partial charge in [-0.15, -0.1) is 0 Å². The second-order valence-electron chi connectivity index (χ2n) is 6.70. The molecule has 0 heterocycles. The number of hydrogen-bond acceptors (Lipinski definition) is 4. The summed E-state index contributed by atoms with van der Waals surface area (Å²) in [6.45, 7) is 6.93. The molecular formula is C17H20F3N3O3S. The van der Waals surface area contributed by atoms with Crippen LogP contribution in [0.1, 0.15) is 43.1 Å². The molecule has 6 nitrogen and oxygen atoms in total. The molecule has 10 heteroatoms. The van der Waals surface area contributed by atoms with Crippen molar-refractivity contribution in [3.8, 4) is 6.07 Å². The van der Waals surface area contributed by atoms with Gasteiger partial charge in [0.05, 0.1) is 27.6 Å². The highest BCUT2D eigenvalue weighted by atomic mass is 32.2. The standard InChI is InChI=1S/C17H20F3N3O3S/c1-11(17(18,19)20)7-8-22-15(24)13-6-5-12(10-21)9-14(13)23-27(25,26)16(2,3)4/h5-6,9,23H,1,7-8H2,2-4H3,(H,22,24). The molecule has 0 bridgehead atoms. The van der Waals surface area contributed by atoms with Crippen LogP contribution < -0.4 is 10.0 Å². The molecule has 2 N–H and O–H groups in total. The fraction of sp³-hybridized carbons (Fsp3) is 0.412. The van der Waals surface area contributed by atoms with Crippen molar-refractivity contribution >= 4 is 21.6 Å². The topological polar surface area (TPSA) is 99.1 Å². The third kappa shape index (κ3) is 5.99. The number of nitrogens with zero attached hydrogens (tertiary/aromatic N) is 1. The summed E-state index contributed by atoms with van der Waals surface area (Å²) in [5, 5.41) is 11.3. The van der Waals surface area contributed by atoms with Crippen LogP contribution in [0.5, 0.6) is 0 Å². The molecule has 1 aromatic rings. The van der Waals surface area contributed by atoms with Crippen LogP contribution >= 0.6 is 0 Å². The zero-order chi connectivity index (χ0) is 21.0. The van der Waals surface area contributed by atoms with Gasteiger partial charge >= 0.3 is 6.18 Å². The van der Waals surface area contributed by atoms with E-state index in [2.05, 4.69) is 16.6 Å². The zero-order valence-electron chi connectivity index (χ0n) is 15.1. The zero-order valence-corrected chi connectivity index (χ0v) is 15.9. The molecule has 1 rings (SSSR count). The van der Waals surface area contributed by atoms with Crippen LogP contribution in [-0.2, 0) is 10.0 Å². The Bertz CT molecular complexity index is 879. The molecule has 0 atom stereocenters. The highest BCUT2D eigenvalue weighted by Crippen LogP contribution is 2.26. The third-order valence-corrected chi connectivity index (χ3v) is 5.66. The van der Waals surface area contributed by atoms with Gasteiger partial charge in [0, 0.05) is 12.1 Å². The van der Waals surface area contributed by atoms with Crippen LogP contribution in [0.25, 0.3) is 0 Å². The molecule has 1 amide bonds. The number of amides is 1. The van der Waals surface area contributed by atoms with Crippen molar-refractivity contribution in [3.63, 3.8) is 0 Å². The van der Waals surface area contributed by atoms with E-state index < -0.39 is 38.8 Å². The highest BCUT2D eigenvalue weighted by molar-refractivity contribution is 7.94. The lowest BCUT2D eigenvalue weighted by molar-refractivity contribution is -0.0934. The number of sulfonamides is 1. The molecule has 0 saturated carbocycles. The van der Waals surface area contributed by atoms with Gasteiger partial charge in [0.2, 0.25) is 10.0 Å². The molecule has 0 saturated heterocycles. The molecule has 0 aliphatic heterocycles. The van der Waals surface area contributed by atoms with Crippen molar-refractivity contribution in [1.29, 1.82) is 5.26 Å². The maximum Gasteiger partial charge on any atom is 0.412 e. The Kier molecular flexibility index (Phi) is 6.67. The number of alkyl halides is 3. The highest BCUT2D eigenvalue weighted by Gasteiger charge is 2.32. The van der Waals surface area contributed by atoms with Gasteiger partial charge in [-0.25, -0.2) is 8.42 Å². The second kappa shape index (κ2) is 8.00. The first kappa shape index (κ1) is 22.5. The van der Waals surface area contributed by atoms with E-state index in [1.807, 2.05) is 6.07 Å². The number of nitrogens with one attached hydrogen (secondary N) is 2. The number of anilines is 1. The van der Waals surface area contributed by atoms with Gasteiger partial charge in [0.1, 0.15) is 0 Å². The molecule has 0 unspecified atom stereocenters. The summed E-state index contributed by atoms with van der Waals surface area (Å²) in [5.41, 5.74) is -1.12. The molecule has 0 spiro atoms. The van der Waals surface area contributed by atoms with Crippen molar-refractivity contribution in [2.24, 2.45) is 0 Å². The predicted octanol–water partition coefficient (Wildman–Crippen LogP) is 3.34. The number of halogens is 3. The maximum atomic E-state index is 12.4. The Morgan fingerprint density at radius 2 is 1.85 bits per heavy atom. The summed E-state index contributed by atoms with van der Waals surface area (Å²) in [7, 11) is -3.89. The smallest absolute Gasteiger partial charge is 0.352 e. The summed E-state index contributed by atoms with van der Waals surface area (Å²) in [4.78, 5) is 12.3. The Balaban J connectivity index is 3.05. The summed E-state index contributed by atoms with van der Waals surface area (Å²) in [6.07, 6.45) is -5.05. The second-order valence-corrected chi connectivity index (χ2v) is 9.13. The maximum absolute atomic E-state index is 12.4. The molecular weight excluding hydrogens is 383 g/mol. The first-order valence-corrected chi connectivity index (χ1v) is 9.27. The van der Waals surface area contributed by atoms with Gasteiger partial charge in [-0.1, -0.05) is 6.58 Å². The average Bonchev–Trinajstić information content (AvgIpc) is 2.52. The van der Waals surface area contributed by atoms with Crippen molar-refractivity contribution in [2.45, 2.75) is 38.1 Å². The van der Waals surface area contributed by atoms with E-state index in [9.17, 15) is 26.4 Å². The fourth-order valence-corrected chi connectivity index (χ4v) is 2.52. The van der Waals surface area contributed by atoms with Gasteiger partial charge in [-0.05, 0) is 45.4 Å². The molecule has 0 radical (unpaired) electrons. The van der Waals surface area contributed by atoms with E-state index in [-0.39, 0.29) is 23.4 Å². The minimum absolute atomic E-state index is 0.112. The quantitative estimate of drug-likeness (QED) is 0.712. The summed E-state index contributed by atoms with van der Waals surface area (Å²) >= 11 is 0. The van der Waals surface area contributed by atoms with Crippen LogP contribution in [0.4, 0.5) is 18.9 Å². The van der Waals surface area contributed by atoms with Crippen LogP contribution in [0, 0.1) is 11.3 Å². The summed E-state index contributed by atoms with van der Waals surface area (Å²) in [6, 6.07) is 5.55. The third-order valence-electron chi connectivity index (χ3n) is 3.56. The van der Waals surface area contributed by atoms with Crippen molar-refractivity contribution < 1.29 is 26.4 Å². The van der Waals surface area contributed by atoms with E-state index in [1.165, 1.54) is 39.0 Å². The van der Waals surface area contributed by atoms with E-state index in [0.29, 0.717) is 0 Å². The van der Waals surface area contributed by atoms with Gasteiger partial charge in [0.25, 0.3) is 5.91 Å². The van der Waals surface area contributed by atoms with Crippen molar-refractivity contribution in [2.75, 3.05) is 11.3 Å². The first-order chi connectivity index (χ1) is 12.2. The van der Waals surface area contributed by atoms with E-state index in [0.717, 1.165) is 0 Å². The Morgan fingerprint density at radius 3 is 2.33 bits per heavy atom. The number of carbonyl (C=O) groups is 1. The lowest BCUT2D eigenvalue weighted by Crippen LogP contribution is -2.35. The lowest BCUT2D eigenvalue weighted by atomic mass is 10.1.